The van der Waals surface area contributed by atoms with E-state index in [0.29, 0.717) is 46.2 Å². The van der Waals surface area contributed by atoms with Crippen molar-refractivity contribution in [2.75, 3.05) is 34.2 Å². The molecule has 6 nitrogen and oxygen atoms in total. The van der Waals surface area contributed by atoms with Crippen molar-refractivity contribution in [2.45, 2.75) is 13.3 Å². The Balaban J connectivity index is 2.51. The van der Waals surface area contributed by atoms with E-state index < -0.39 is 0 Å². The third-order valence-corrected chi connectivity index (χ3v) is 4.22. The fraction of sp³-hybridized carbons (Fsp3) is 0.286. The fourth-order valence-corrected chi connectivity index (χ4v) is 2.80. The predicted molar refractivity (Wildman–Crippen MR) is 106 cm³/mol. The van der Waals surface area contributed by atoms with Gasteiger partial charge in [0.05, 0.1) is 39.7 Å². The van der Waals surface area contributed by atoms with E-state index in [1.807, 2.05) is 19.1 Å². The predicted octanol–water partition coefficient (Wildman–Crippen LogP) is 3.98. The Morgan fingerprint density at radius 1 is 0.926 bits per heavy atom. The number of carbonyl (C=O) groups is 1. The summed E-state index contributed by atoms with van der Waals surface area (Å²) in [5.41, 5.74) is 8.25. The standard InChI is InChI=1S/C21H25NO5/c1-6-14(11-13-7-9-16(22)18(12-13)25-3)19(23)15-8-10-17(24-2)21(27-5)20(15)26-4/h7-12H,6,22H2,1-5H3. The van der Waals surface area contributed by atoms with Gasteiger partial charge < -0.3 is 24.7 Å². The van der Waals surface area contributed by atoms with Crippen LogP contribution in [0.3, 0.4) is 0 Å². The molecule has 0 unspecified atom stereocenters. The molecule has 0 aliphatic rings. The van der Waals surface area contributed by atoms with Crippen LogP contribution in [0.15, 0.2) is 35.9 Å². The summed E-state index contributed by atoms with van der Waals surface area (Å²) in [6, 6.07) is 8.75. The fourth-order valence-electron chi connectivity index (χ4n) is 2.80. The second-order valence-electron chi connectivity index (χ2n) is 5.74. The second kappa shape index (κ2) is 8.98. The van der Waals surface area contributed by atoms with E-state index in [2.05, 4.69) is 0 Å². The SMILES string of the molecule is CCC(=Cc1ccc(N)c(OC)c1)C(=O)c1ccc(OC)c(OC)c1OC. The molecule has 0 saturated carbocycles. The van der Waals surface area contributed by atoms with Crippen molar-refractivity contribution < 1.29 is 23.7 Å². The number of hydrogen-bond donors (Lipinski definition) is 1. The van der Waals surface area contributed by atoms with Crippen LogP contribution in [0.1, 0.15) is 29.3 Å². The van der Waals surface area contributed by atoms with Crippen LogP contribution >= 0.6 is 0 Å². The number of hydrogen-bond acceptors (Lipinski definition) is 6. The highest BCUT2D eigenvalue weighted by Gasteiger charge is 2.22. The van der Waals surface area contributed by atoms with Crippen LogP contribution < -0.4 is 24.7 Å². The Labute approximate surface area is 159 Å². The molecule has 2 aromatic carbocycles. The average molecular weight is 371 g/mol. The van der Waals surface area contributed by atoms with E-state index in [4.69, 9.17) is 24.7 Å². The number of benzene rings is 2. The first-order chi connectivity index (χ1) is 13.0. The molecule has 0 radical (unpaired) electrons. The lowest BCUT2D eigenvalue weighted by Crippen LogP contribution is -2.07. The van der Waals surface area contributed by atoms with Crippen molar-refractivity contribution in [1.82, 2.24) is 0 Å². The molecular weight excluding hydrogens is 346 g/mol. The van der Waals surface area contributed by atoms with E-state index >= 15 is 0 Å². The molecule has 27 heavy (non-hydrogen) atoms. The Hall–Kier alpha value is -3.15. The smallest absolute Gasteiger partial charge is 0.204 e. The zero-order chi connectivity index (χ0) is 20.0. The highest BCUT2D eigenvalue weighted by molar-refractivity contribution is 6.13. The topological polar surface area (TPSA) is 80.0 Å². The van der Waals surface area contributed by atoms with Crippen LogP contribution in [0.25, 0.3) is 6.08 Å². The van der Waals surface area contributed by atoms with Crippen LogP contribution in [0.2, 0.25) is 0 Å². The summed E-state index contributed by atoms with van der Waals surface area (Å²) in [6.45, 7) is 1.92. The molecule has 2 aromatic rings. The van der Waals surface area contributed by atoms with Gasteiger partial charge in [0.25, 0.3) is 0 Å². The number of nitrogen functional groups attached to an aromatic ring is 1. The van der Waals surface area contributed by atoms with Gasteiger partial charge in [-0.15, -0.1) is 0 Å². The molecule has 0 aromatic heterocycles. The van der Waals surface area contributed by atoms with Crippen LogP contribution in [-0.4, -0.2) is 34.2 Å². The summed E-state index contributed by atoms with van der Waals surface area (Å²) >= 11 is 0. The number of methoxy groups -OCH3 is 4. The lowest BCUT2D eigenvalue weighted by atomic mass is 9.97. The molecule has 2 N–H and O–H groups in total. The van der Waals surface area contributed by atoms with E-state index in [1.54, 1.807) is 31.4 Å². The molecule has 0 aliphatic carbocycles. The van der Waals surface area contributed by atoms with Gasteiger partial charge >= 0.3 is 0 Å². The molecule has 0 aliphatic heterocycles. The van der Waals surface area contributed by atoms with E-state index in [-0.39, 0.29) is 5.78 Å². The van der Waals surface area contributed by atoms with Gasteiger partial charge in [-0.3, -0.25) is 4.79 Å². The highest BCUT2D eigenvalue weighted by Crippen LogP contribution is 2.40. The minimum absolute atomic E-state index is 0.147. The molecule has 144 valence electrons. The third-order valence-electron chi connectivity index (χ3n) is 4.22. The van der Waals surface area contributed by atoms with Crippen LogP contribution in [-0.2, 0) is 0 Å². The van der Waals surface area contributed by atoms with Crippen molar-refractivity contribution in [2.24, 2.45) is 0 Å². The molecule has 0 fully saturated rings. The third kappa shape index (κ3) is 4.16. The minimum atomic E-state index is -0.147. The number of Topliss-reactive ketones (excluding diaryl/α,β-unsaturated/α-hetero) is 1. The minimum Gasteiger partial charge on any atom is -0.495 e. The summed E-state index contributed by atoms with van der Waals surface area (Å²) in [6.07, 6.45) is 2.36. The molecule has 2 rings (SSSR count). The summed E-state index contributed by atoms with van der Waals surface area (Å²) < 4.78 is 21.3. The number of nitrogens with two attached hydrogens (primary N) is 1. The lowest BCUT2D eigenvalue weighted by Gasteiger charge is -2.16. The van der Waals surface area contributed by atoms with Crippen molar-refractivity contribution in [1.29, 1.82) is 0 Å². The number of ketones is 1. The van der Waals surface area contributed by atoms with Crippen LogP contribution in [0.4, 0.5) is 5.69 Å². The summed E-state index contributed by atoms with van der Waals surface area (Å²) in [4.78, 5) is 13.1. The maximum atomic E-state index is 13.1. The Kier molecular flexibility index (Phi) is 6.71. The molecule has 0 heterocycles. The zero-order valence-electron chi connectivity index (χ0n) is 16.3. The average Bonchev–Trinajstić information content (AvgIpc) is 2.71. The normalized spacial score (nSPS) is 11.1. The number of allylic oxidation sites excluding steroid dienone is 1. The summed E-state index contributed by atoms with van der Waals surface area (Å²) in [5, 5.41) is 0. The molecule has 0 bridgehead atoms. The molecule has 0 atom stereocenters. The largest absolute Gasteiger partial charge is 0.495 e. The van der Waals surface area contributed by atoms with Gasteiger partial charge in [-0.05, 0) is 42.3 Å². The quantitative estimate of drug-likeness (QED) is 0.429. The molecule has 0 amide bonds. The first-order valence-corrected chi connectivity index (χ1v) is 8.48. The summed E-state index contributed by atoms with van der Waals surface area (Å²) in [5.74, 6) is 1.64. The van der Waals surface area contributed by atoms with Gasteiger partial charge in [-0.25, -0.2) is 0 Å². The van der Waals surface area contributed by atoms with Crippen molar-refractivity contribution in [3.63, 3.8) is 0 Å². The molecule has 0 saturated heterocycles. The highest BCUT2D eigenvalue weighted by atomic mass is 16.5. The van der Waals surface area contributed by atoms with Crippen molar-refractivity contribution in [3.8, 4) is 23.0 Å². The maximum Gasteiger partial charge on any atom is 0.204 e. The number of carbonyl (C=O) groups excluding carboxylic acids is 1. The molecular formula is C21H25NO5. The first-order valence-electron chi connectivity index (χ1n) is 8.48. The molecule has 6 heteroatoms. The Bertz CT molecular complexity index is 858. The van der Waals surface area contributed by atoms with Gasteiger partial charge in [0.15, 0.2) is 17.3 Å². The van der Waals surface area contributed by atoms with Gasteiger partial charge in [0, 0.05) is 5.57 Å². The van der Waals surface area contributed by atoms with Crippen LogP contribution in [0, 0.1) is 0 Å². The van der Waals surface area contributed by atoms with Gasteiger partial charge in [0.2, 0.25) is 5.75 Å². The van der Waals surface area contributed by atoms with Gasteiger partial charge in [-0.1, -0.05) is 13.0 Å². The van der Waals surface area contributed by atoms with Crippen LogP contribution in [0.5, 0.6) is 23.0 Å². The van der Waals surface area contributed by atoms with Crippen molar-refractivity contribution >= 4 is 17.5 Å². The first kappa shape index (κ1) is 20.2. The lowest BCUT2D eigenvalue weighted by molar-refractivity contribution is 0.102. The number of rotatable bonds is 8. The Morgan fingerprint density at radius 3 is 2.15 bits per heavy atom. The van der Waals surface area contributed by atoms with E-state index in [0.717, 1.165) is 5.56 Å². The van der Waals surface area contributed by atoms with E-state index in [9.17, 15) is 4.79 Å². The van der Waals surface area contributed by atoms with Crippen molar-refractivity contribution in [3.05, 3.63) is 47.0 Å². The molecule has 0 spiro atoms. The number of anilines is 1. The van der Waals surface area contributed by atoms with Gasteiger partial charge in [0.1, 0.15) is 5.75 Å². The number of ether oxygens (including phenoxy) is 4. The summed E-state index contributed by atoms with van der Waals surface area (Å²) in [7, 11) is 6.09. The maximum absolute atomic E-state index is 13.1. The van der Waals surface area contributed by atoms with Gasteiger partial charge in [-0.2, -0.15) is 0 Å². The second-order valence-corrected chi connectivity index (χ2v) is 5.74. The van der Waals surface area contributed by atoms with E-state index in [1.165, 1.54) is 21.3 Å². The monoisotopic (exact) mass is 371 g/mol. The Morgan fingerprint density at radius 2 is 1.59 bits per heavy atom. The zero-order valence-corrected chi connectivity index (χ0v) is 16.3.